The number of anilines is 1. The molecule has 0 aromatic heterocycles. The van der Waals surface area contributed by atoms with E-state index < -0.39 is 36.6 Å². The molecular weight excluding hydrogens is 501 g/mol. The van der Waals surface area contributed by atoms with Crippen LogP contribution in [0.15, 0.2) is 78.9 Å². The van der Waals surface area contributed by atoms with Crippen LogP contribution < -0.4 is 4.90 Å². The van der Waals surface area contributed by atoms with Gasteiger partial charge in [0.1, 0.15) is 30.2 Å². The predicted octanol–water partition coefficient (Wildman–Crippen LogP) is 3.98. The minimum atomic E-state index is -1.32. The maximum atomic E-state index is 13.3. The summed E-state index contributed by atoms with van der Waals surface area (Å²) in [5.41, 5.74) is 2.94. The fourth-order valence-corrected chi connectivity index (χ4v) is 5.72. The molecule has 206 valence electrons. The summed E-state index contributed by atoms with van der Waals surface area (Å²) in [6.07, 6.45) is -4.68. The zero-order valence-corrected chi connectivity index (χ0v) is 21.7. The molecule has 7 nitrogen and oxygen atoms in total. The fourth-order valence-electron chi connectivity index (χ4n) is 5.72. The van der Waals surface area contributed by atoms with E-state index in [1.807, 2.05) is 61.5 Å². The van der Waals surface area contributed by atoms with Crippen molar-refractivity contribution in [3.8, 4) is 0 Å². The zero-order chi connectivity index (χ0) is 27.7. The zero-order valence-electron chi connectivity index (χ0n) is 21.7. The Labute approximate surface area is 227 Å². The smallest absolute Gasteiger partial charge is 0.233 e. The van der Waals surface area contributed by atoms with E-state index in [-0.39, 0.29) is 23.7 Å². The maximum Gasteiger partial charge on any atom is 0.233 e. The largest absolute Gasteiger partial charge is 0.388 e. The van der Waals surface area contributed by atoms with E-state index in [0.29, 0.717) is 30.4 Å². The summed E-state index contributed by atoms with van der Waals surface area (Å²) >= 11 is 0. The molecule has 3 aromatic carbocycles. The quantitative estimate of drug-likeness (QED) is 0.325. The molecule has 0 spiro atoms. The van der Waals surface area contributed by atoms with Gasteiger partial charge in [-0.05, 0) is 60.2 Å². The molecule has 2 saturated heterocycles. The number of hydrogen-bond donors (Lipinski definition) is 4. The van der Waals surface area contributed by atoms with Gasteiger partial charge in [0.15, 0.2) is 0 Å². The summed E-state index contributed by atoms with van der Waals surface area (Å²) in [4.78, 5) is 15.1. The standard InChI is InChI=1S/C31H34FNO6/c1-2-25-27(35)28(36)29(37)30(39-25)20-10-8-19(9-11-20)26-23(31(38)33(26)22-6-4-3-5-7-22)16-17-24(34)18-12-14-21(32)15-13-18/h3-15,23-30,34-37H,2,16-17H2,1H3/t23-,24+,25-,26-,27-,28+,29-,30+/m1/s1. The first-order valence-electron chi connectivity index (χ1n) is 13.4. The number of aliphatic hydroxyl groups is 4. The Morgan fingerprint density at radius 2 is 1.51 bits per heavy atom. The van der Waals surface area contributed by atoms with Crippen molar-refractivity contribution >= 4 is 11.6 Å². The first-order valence-corrected chi connectivity index (χ1v) is 13.4. The molecule has 4 N–H and O–H groups in total. The van der Waals surface area contributed by atoms with E-state index in [0.717, 1.165) is 11.3 Å². The molecular formula is C31H34FNO6. The third-order valence-corrected chi connectivity index (χ3v) is 7.98. The second kappa shape index (κ2) is 11.5. The Morgan fingerprint density at radius 1 is 0.872 bits per heavy atom. The van der Waals surface area contributed by atoms with Crippen LogP contribution >= 0.6 is 0 Å². The number of amides is 1. The Balaban J connectivity index is 1.37. The Bertz CT molecular complexity index is 1250. The van der Waals surface area contributed by atoms with Gasteiger partial charge in [-0.15, -0.1) is 0 Å². The number of β-lactam (4-membered cyclic amide) rings is 1. The lowest BCUT2D eigenvalue weighted by atomic mass is 9.78. The van der Waals surface area contributed by atoms with Crippen molar-refractivity contribution in [1.29, 1.82) is 0 Å². The number of para-hydroxylation sites is 1. The highest BCUT2D eigenvalue weighted by atomic mass is 19.1. The number of carbonyl (C=O) groups is 1. The summed E-state index contributed by atoms with van der Waals surface area (Å²) in [7, 11) is 0. The van der Waals surface area contributed by atoms with Gasteiger partial charge in [-0.3, -0.25) is 4.79 Å². The highest BCUT2D eigenvalue weighted by molar-refractivity contribution is 6.03. The SMILES string of the molecule is CC[C@H]1O[C@@H](c2ccc([C@@H]3[C@@H](CC[C@H](O)c4ccc(F)cc4)C(=O)N3c3ccccc3)cc2)[C@H](O)[C@@H](O)[C@@H]1O. The van der Waals surface area contributed by atoms with Crippen molar-refractivity contribution in [3.63, 3.8) is 0 Å². The van der Waals surface area contributed by atoms with Crippen LogP contribution in [0, 0.1) is 11.7 Å². The average Bonchev–Trinajstić information content (AvgIpc) is 2.96. The number of carbonyl (C=O) groups excluding carboxylic acids is 1. The Morgan fingerprint density at radius 3 is 2.15 bits per heavy atom. The lowest BCUT2D eigenvalue weighted by Crippen LogP contribution is -2.55. The molecule has 0 unspecified atom stereocenters. The number of nitrogens with zero attached hydrogens (tertiary/aromatic N) is 1. The van der Waals surface area contributed by atoms with Crippen LogP contribution in [0.1, 0.15) is 61.1 Å². The minimum absolute atomic E-state index is 0.0319. The first-order chi connectivity index (χ1) is 18.8. The molecule has 1 amide bonds. The molecule has 0 saturated carbocycles. The van der Waals surface area contributed by atoms with Crippen molar-refractivity contribution in [2.75, 3.05) is 4.90 Å². The van der Waals surface area contributed by atoms with Gasteiger partial charge in [-0.1, -0.05) is 61.5 Å². The van der Waals surface area contributed by atoms with E-state index in [2.05, 4.69) is 0 Å². The van der Waals surface area contributed by atoms with E-state index >= 15 is 0 Å². The highest BCUT2D eigenvalue weighted by Crippen LogP contribution is 2.46. The number of halogens is 1. The summed E-state index contributed by atoms with van der Waals surface area (Å²) in [6, 6.07) is 22.3. The fraction of sp³-hybridized carbons (Fsp3) is 0.387. The van der Waals surface area contributed by atoms with Crippen molar-refractivity contribution in [2.45, 2.75) is 68.9 Å². The van der Waals surface area contributed by atoms with Crippen LogP contribution in [0.3, 0.4) is 0 Å². The molecule has 39 heavy (non-hydrogen) atoms. The van der Waals surface area contributed by atoms with Gasteiger partial charge < -0.3 is 30.1 Å². The molecule has 0 radical (unpaired) electrons. The van der Waals surface area contributed by atoms with Crippen LogP contribution in [0.5, 0.6) is 0 Å². The second-order valence-electron chi connectivity index (χ2n) is 10.4. The summed E-state index contributed by atoms with van der Waals surface area (Å²) < 4.78 is 19.2. The first kappa shape index (κ1) is 27.4. The van der Waals surface area contributed by atoms with Crippen molar-refractivity contribution < 1.29 is 34.3 Å². The maximum absolute atomic E-state index is 13.3. The Hall–Kier alpha value is -3.14. The molecule has 2 fully saturated rings. The second-order valence-corrected chi connectivity index (χ2v) is 10.4. The van der Waals surface area contributed by atoms with Crippen molar-refractivity contribution in [3.05, 3.63) is 101 Å². The van der Waals surface area contributed by atoms with Crippen molar-refractivity contribution in [1.82, 2.24) is 0 Å². The number of aliphatic hydroxyl groups excluding tert-OH is 4. The predicted molar refractivity (Wildman–Crippen MR) is 143 cm³/mol. The van der Waals surface area contributed by atoms with Gasteiger partial charge in [0.2, 0.25) is 5.91 Å². The molecule has 2 heterocycles. The summed E-state index contributed by atoms with van der Waals surface area (Å²) in [5, 5.41) is 41.8. The van der Waals surface area contributed by atoms with E-state index in [4.69, 9.17) is 4.74 Å². The molecule has 8 heteroatoms. The van der Waals surface area contributed by atoms with Crippen LogP contribution in [-0.2, 0) is 9.53 Å². The lowest BCUT2D eigenvalue weighted by Gasteiger charge is -2.48. The Kier molecular flexibility index (Phi) is 8.11. The number of hydrogen-bond acceptors (Lipinski definition) is 6. The van der Waals surface area contributed by atoms with Gasteiger partial charge in [0.05, 0.1) is 24.2 Å². The molecule has 5 rings (SSSR count). The average molecular weight is 536 g/mol. The van der Waals surface area contributed by atoms with Gasteiger partial charge >= 0.3 is 0 Å². The minimum Gasteiger partial charge on any atom is -0.388 e. The molecule has 0 bridgehead atoms. The molecule has 2 aliphatic rings. The molecule has 3 aromatic rings. The van der Waals surface area contributed by atoms with Crippen LogP contribution in [0.25, 0.3) is 0 Å². The summed E-state index contributed by atoms with van der Waals surface area (Å²) in [5.74, 6) is -0.760. The lowest BCUT2D eigenvalue weighted by molar-refractivity contribution is -0.225. The van der Waals surface area contributed by atoms with E-state index in [9.17, 15) is 29.6 Å². The van der Waals surface area contributed by atoms with Crippen LogP contribution in [-0.4, -0.2) is 50.7 Å². The highest BCUT2D eigenvalue weighted by Gasteiger charge is 2.49. The van der Waals surface area contributed by atoms with Crippen LogP contribution in [0.2, 0.25) is 0 Å². The van der Waals surface area contributed by atoms with Gasteiger partial charge in [0, 0.05) is 5.69 Å². The van der Waals surface area contributed by atoms with Gasteiger partial charge in [-0.25, -0.2) is 4.39 Å². The third kappa shape index (κ3) is 5.35. The van der Waals surface area contributed by atoms with E-state index in [1.165, 1.54) is 12.1 Å². The molecule has 0 aliphatic carbocycles. The van der Waals surface area contributed by atoms with E-state index in [1.54, 1.807) is 17.0 Å². The number of ether oxygens (including phenoxy) is 1. The molecule has 8 atom stereocenters. The monoisotopic (exact) mass is 535 g/mol. The van der Waals surface area contributed by atoms with Gasteiger partial charge in [-0.2, -0.15) is 0 Å². The topological polar surface area (TPSA) is 110 Å². The number of rotatable bonds is 8. The van der Waals surface area contributed by atoms with Crippen LogP contribution in [0.4, 0.5) is 10.1 Å². The summed E-state index contributed by atoms with van der Waals surface area (Å²) in [6.45, 7) is 1.84. The molecule has 2 aliphatic heterocycles. The normalized spacial score (nSPS) is 29.6. The van der Waals surface area contributed by atoms with Gasteiger partial charge in [0.25, 0.3) is 0 Å². The van der Waals surface area contributed by atoms with Crippen molar-refractivity contribution in [2.24, 2.45) is 5.92 Å². The third-order valence-electron chi connectivity index (χ3n) is 7.98. The number of benzene rings is 3.